The van der Waals surface area contributed by atoms with Crippen molar-refractivity contribution in [2.24, 2.45) is 17.8 Å². The van der Waals surface area contributed by atoms with Gasteiger partial charge in [0.1, 0.15) is 0 Å². The van der Waals surface area contributed by atoms with Gasteiger partial charge in [-0.25, -0.2) is 8.42 Å². The van der Waals surface area contributed by atoms with E-state index in [9.17, 15) is 13.2 Å². The second-order valence-electron chi connectivity index (χ2n) is 8.20. The first-order valence-corrected chi connectivity index (χ1v) is 11.8. The molecule has 1 aromatic rings. The van der Waals surface area contributed by atoms with Gasteiger partial charge in [0.2, 0.25) is 5.91 Å². The molecule has 1 amide bonds. The third-order valence-electron chi connectivity index (χ3n) is 6.49. The third-order valence-corrected chi connectivity index (χ3v) is 8.12. The summed E-state index contributed by atoms with van der Waals surface area (Å²) in [5.74, 6) is 1.62. The lowest BCUT2D eigenvalue weighted by Gasteiger charge is -2.35. The number of carbonyl (C=O) groups is 1. The molecular weight excluding hydrogens is 350 g/mol. The first-order chi connectivity index (χ1) is 12.5. The molecule has 3 aliphatic rings. The van der Waals surface area contributed by atoms with Crippen LogP contribution in [0.4, 0.5) is 0 Å². The molecule has 2 saturated carbocycles. The van der Waals surface area contributed by atoms with E-state index in [-0.39, 0.29) is 29.4 Å². The molecule has 3 fully saturated rings. The van der Waals surface area contributed by atoms with Crippen molar-refractivity contribution in [1.29, 1.82) is 0 Å². The molecule has 0 radical (unpaired) electrons. The first kappa shape index (κ1) is 18.0. The van der Waals surface area contributed by atoms with Gasteiger partial charge in [-0.2, -0.15) is 5.10 Å². The van der Waals surface area contributed by atoms with E-state index in [1.807, 2.05) is 18.0 Å². The van der Waals surface area contributed by atoms with Crippen molar-refractivity contribution in [3.8, 4) is 0 Å². The van der Waals surface area contributed by atoms with Gasteiger partial charge >= 0.3 is 0 Å². The molecular formula is C19H29N3O3S. The molecule has 6 nitrogen and oxygen atoms in total. The molecule has 1 aliphatic heterocycles. The standard InChI is InChI=1S/C19H29N3O3S/c1-2-21-12-15(11-20-21)18-13-26(24,25)9-8-22(18)19(23)17-10-16(17)14-6-4-3-5-7-14/h11-12,14,16-18H,2-10,13H2,1H3/t16-,17+,18-/m0/s1. The summed E-state index contributed by atoms with van der Waals surface area (Å²) >= 11 is 0. The van der Waals surface area contributed by atoms with E-state index in [1.165, 1.54) is 32.1 Å². The number of hydrogen-bond donors (Lipinski definition) is 0. The Balaban J connectivity index is 1.50. The van der Waals surface area contributed by atoms with Gasteiger partial charge in [-0.15, -0.1) is 0 Å². The smallest absolute Gasteiger partial charge is 0.226 e. The zero-order chi connectivity index (χ0) is 18.3. The van der Waals surface area contributed by atoms with Gasteiger partial charge in [0.05, 0.1) is 23.7 Å². The lowest BCUT2D eigenvalue weighted by atomic mass is 9.85. The molecule has 0 N–H and O–H groups in total. The molecule has 1 saturated heterocycles. The van der Waals surface area contributed by atoms with Crippen molar-refractivity contribution < 1.29 is 13.2 Å². The van der Waals surface area contributed by atoms with Crippen LogP contribution in [0.15, 0.2) is 12.4 Å². The number of sulfone groups is 1. The highest BCUT2D eigenvalue weighted by molar-refractivity contribution is 7.91. The average Bonchev–Trinajstić information content (AvgIpc) is 3.30. The van der Waals surface area contributed by atoms with E-state index in [0.29, 0.717) is 18.4 Å². The number of hydrogen-bond acceptors (Lipinski definition) is 4. The Bertz CT molecular complexity index is 767. The number of aromatic nitrogens is 2. The van der Waals surface area contributed by atoms with Crippen LogP contribution in [0.1, 0.15) is 57.1 Å². The molecule has 7 heteroatoms. The second kappa shape index (κ2) is 6.98. The fraction of sp³-hybridized carbons (Fsp3) is 0.789. The molecule has 26 heavy (non-hydrogen) atoms. The predicted octanol–water partition coefficient (Wildman–Crippen LogP) is 2.42. The van der Waals surface area contributed by atoms with Crippen LogP contribution >= 0.6 is 0 Å². The Kier molecular flexibility index (Phi) is 4.84. The van der Waals surface area contributed by atoms with Crippen LogP contribution in [0, 0.1) is 17.8 Å². The first-order valence-electron chi connectivity index (χ1n) is 10.0. The zero-order valence-corrected chi connectivity index (χ0v) is 16.3. The average molecular weight is 380 g/mol. The molecule has 2 aliphatic carbocycles. The molecule has 0 unspecified atom stereocenters. The maximum absolute atomic E-state index is 13.2. The van der Waals surface area contributed by atoms with Crippen molar-refractivity contribution in [1.82, 2.24) is 14.7 Å². The van der Waals surface area contributed by atoms with Crippen molar-refractivity contribution in [2.45, 2.75) is 58.0 Å². The number of amides is 1. The molecule has 3 atom stereocenters. The Labute approximate surface area is 155 Å². The Morgan fingerprint density at radius 1 is 1.27 bits per heavy atom. The molecule has 2 heterocycles. The summed E-state index contributed by atoms with van der Waals surface area (Å²) in [6.07, 6.45) is 11.0. The van der Waals surface area contributed by atoms with E-state index in [4.69, 9.17) is 0 Å². The fourth-order valence-corrected chi connectivity index (χ4v) is 6.36. The summed E-state index contributed by atoms with van der Waals surface area (Å²) in [4.78, 5) is 15.0. The topological polar surface area (TPSA) is 72.3 Å². The van der Waals surface area contributed by atoms with Crippen LogP contribution in [0.3, 0.4) is 0 Å². The summed E-state index contributed by atoms with van der Waals surface area (Å²) in [5.41, 5.74) is 0.846. The van der Waals surface area contributed by atoms with Gasteiger partial charge in [0.25, 0.3) is 0 Å². The second-order valence-corrected chi connectivity index (χ2v) is 10.4. The van der Waals surface area contributed by atoms with Gasteiger partial charge in [-0.3, -0.25) is 9.48 Å². The minimum Gasteiger partial charge on any atom is -0.333 e. The number of nitrogens with zero attached hydrogens (tertiary/aromatic N) is 3. The number of carbonyl (C=O) groups excluding carboxylic acids is 1. The largest absolute Gasteiger partial charge is 0.333 e. The summed E-state index contributed by atoms with van der Waals surface area (Å²) in [6.45, 7) is 3.05. The van der Waals surface area contributed by atoms with Crippen LogP contribution in [-0.4, -0.2) is 47.1 Å². The molecule has 1 aromatic heterocycles. The van der Waals surface area contributed by atoms with Crippen LogP contribution in [-0.2, 0) is 21.2 Å². The summed E-state index contributed by atoms with van der Waals surface area (Å²) in [6, 6.07) is -0.380. The van der Waals surface area contributed by atoms with Gasteiger partial charge < -0.3 is 4.90 Å². The monoisotopic (exact) mass is 379 g/mol. The molecule has 0 aromatic carbocycles. The highest BCUT2D eigenvalue weighted by Crippen LogP contribution is 2.51. The summed E-state index contributed by atoms with van der Waals surface area (Å²) < 4.78 is 26.2. The third kappa shape index (κ3) is 3.55. The minimum absolute atomic E-state index is 0.0228. The molecule has 0 bridgehead atoms. The lowest BCUT2D eigenvalue weighted by molar-refractivity contribution is -0.135. The van der Waals surface area contributed by atoms with Gasteiger partial charge in [0.15, 0.2) is 9.84 Å². The fourth-order valence-electron chi connectivity index (χ4n) is 4.87. The van der Waals surface area contributed by atoms with Crippen LogP contribution in [0.2, 0.25) is 0 Å². The van der Waals surface area contributed by atoms with E-state index in [2.05, 4.69) is 5.10 Å². The van der Waals surface area contributed by atoms with Crippen molar-refractivity contribution >= 4 is 15.7 Å². The van der Waals surface area contributed by atoms with E-state index in [1.54, 1.807) is 10.9 Å². The normalized spacial score (nSPS) is 31.7. The van der Waals surface area contributed by atoms with E-state index >= 15 is 0 Å². The zero-order valence-electron chi connectivity index (χ0n) is 15.5. The minimum atomic E-state index is -3.11. The Morgan fingerprint density at radius 2 is 2.04 bits per heavy atom. The van der Waals surface area contributed by atoms with Gasteiger partial charge in [-0.1, -0.05) is 32.1 Å². The molecule has 0 spiro atoms. The van der Waals surface area contributed by atoms with Crippen LogP contribution in [0.25, 0.3) is 0 Å². The molecule has 4 rings (SSSR count). The summed E-state index contributed by atoms with van der Waals surface area (Å²) in [7, 11) is -3.11. The number of rotatable bonds is 4. The highest BCUT2D eigenvalue weighted by atomic mass is 32.2. The van der Waals surface area contributed by atoms with E-state index < -0.39 is 9.84 Å². The maximum Gasteiger partial charge on any atom is 0.226 e. The summed E-state index contributed by atoms with van der Waals surface area (Å²) in [5, 5.41) is 4.28. The Hall–Kier alpha value is -1.37. The van der Waals surface area contributed by atoms with Gasteiger partial charge in [-0.05, 0) is 25.2 Å². The van der Waals surface area contributed by atoms with Crippen molar-refractivity contribution in [3.63, 3.8) is 0 Å². The Morgan fingerprint density at radius 3 is 2.73 bits per heavy atom. The quantitative estimate of drug-likeness (QED) is 0.805. The van der Waals surface area contributed by atoms with Gasteiger partial charge in [0, 0.05) is 30.8 Å². The highest BCUT2D eigenvalue weighted by Gasteiger charge is 2.50. The lowest BCUT2D eigenvalue weighted by Crippen LogP contribution is -2.47. The van der Waals surface area contributed by atoms with Crippen LogP contribution < -0.4 is 0 Å². The maximum atomic E-state index is 13.2. The van der Waals surface area contributed by atoms with Crippen molar-refractivity contribution in [3.05, 3.63) is 18.0 Å². The van der Waals surface area contributed by atoms with Crippen LogP contribution in [0.5, 0.6) is 0 Å². The number of aryl methyl sites for hydroxylation is 1. The predicted molar refractivity (Wildman–Crippen MR) is 99.2 cm³/mol. The SMILES string of the molecule is CCn1cc([C@@H]2CS(=O)(=O)CCN2C(=O)[C@@H]2C[C@H]2C2CCCCC2)cn1. The molecule has 144 valence electrons. The van der Waals surface area contributed by atoms with Crippen molar-refractivity contribution in [2.75, 3.05) is 18.1 Å². The van der Waals surface area contributed by atoms with E-state index in [0.717, 1.165) is 18.5 Å².